The van der Waals surface area contributed by atoms with E-state index in [2.05, 4.69) is 15.3 Å². The Morgan fingerprint density at radius 1 is 1.26 bits per heavy atom. The summed E-state index contributed by atoms with van der Waals surface area (Å²) in [6, 6.07) is 7.42. The normalized spacial score (nSPS) is 19.9. The summed E-state index contributed by atoms with van der Waals surface area (Å²) in [6.07, 6.45) is 6.22. The number of H-pyrrole nitrogens is 1. The van der Waals surface area contributed by atoms with Crippen molar-refractivity contribution >= 4 is 17.8 Å². The quantitative estimate of drug-likeness (QED) is 0.866. The molecule has 2 N–H and O–H groups in total. The molecule has 8 heteroatoms. The number of imidazole rings is 1. The number of nitrogens with one attached hydrogen (secondary N) is 2. The van der Waals surface area contributed by atoms with Crippen molar-refractivity contribution in [1.82, 2.24) is 19.8 Å². The summed E-state index contributed by atoms with van der Waals surface area (Å²) in [5, 5.41) is 2.97. The number of cyclic esters (lactones) is 1. The summed E-state index contributed by atoms with van der Waals surface area (Å²) in [5.74, 6) is 0.831. The zero-order valence-electron chi connectivity index (χ0n) is 15.1. The van der Waals surface area contributed by atoms with Crippen molar-refractivity contribution in [3.63, 3.8) is 0 Å². The third-order valence-electron chi connectivity index (χ3n) is 5.02. The van der Waals surface area contributed by atoms with Gasteiger partial charge in [0.25, 0.3) is 0 Å². The van der Waals surface area contributed by atoms with Gasteiger partial charge in [-0.2, -0.15) is 0 Å². The Balaban J connectivity index is 1.39. The van der Waals surface area contributed by atoms with Crippen LogP contribution in [0.15, 0.2) is 36.7 Å². The Morgan fingerprint density at radius 2 is 2.11 bits per heavy atom. The molecule has 2 saturated heterocycles. The molecule has 0 aliphatic carbocycles. The predicted octanol–water partition coefficient (Wildman–Crippen LogP) is 3.12. The van der Waals surface area contributed by atoms with Crippen LogP contribution < -0.4 is 5.32 Å². The van der Waals surface area contributed by atoms with Gasteiger partial charge in [-0.15, -0.1) is 0 Å². The van der Waals surface area contributed by atoms with E-state index in [4.69, 9.17) is 4.74 Å². The average molecular weight is 369 g/mol. The molecule has 2 aromatic rings. The molecule has 0 bridgehead atoms. The fraction of sp³-hybridized carbons (Fsp3) is 0.421. The molecule has 0 radical (unpaired) electrons. The Kier molecular flexibility index (Phi) is 4.95. The number of carbonyl (C=O) groups is 2. The standard InChI is InChI=1S/C19H23N5O3/c25-18(24-10-2-1-3-16(24)17-20-8-9-21-17)22-15-6-4-14(5-7-15)13-23-11-12-27-19(23)26/h4-9,16H,1-3,10-13H2,(H,20,21)(H,22,25). The van der Waals surface area contributed by atoms with Crippen molar-refractivity contribution in [2.24, 2.45) is 0 Å². The molecule has 2 aliphatic rings. The third kappa shape index (κ3) is 3.89. The minimum Gasteiger partial charge on any atom is -0.448 e. The molecular weight excluding hydrogens is 346 g/mol. The van der Waals surface area contributed by atoms with Gasteiger partial charge in [0, 0.05) is 31.2 Å². The summed E-state index contributed by atoms with van der Waals surface area (Å²) in [6.45, 7) is 2.28. The molecule has 1 aromatic carbocycles. The fourth-order valence-corrected chi connectivity index (χ4v) is 3.60. The van der Waals surface area contributed by atoms with E-state index in [1.807, 2.05) is 29.2 Å². The summed E-state index contributed by atoms with van der Waals surface area (Å²) >= 11 is 0. The van der Waals surface area contributed by atoms with Crippen LogP contribution in [0.1, 0.15) is 36.7 Å². The fourth-order valence-electron chi connectivity index (χ4n) is 3.60. The number of urea groups is 1. The van der Waals surface area contributed by atoms with E-state index in [9.17, 15) is 9.59 Å². The van der Waals surface area contributed by atoms with Gasteiger partial charge in [-0.25, -0.2) is 14.6 Å². The van der Waals surface area contributed by atoms with E-state index in [0.717, 1.165) is 36.3 Å². The summed E-state index contributed by atoms with van der Waals surface area (Å²) in [7, 11) is 0. The molecular formula is C19H23N5O3. The second-order valence-electron chi connectivity index (χ2n) is 6.84. The van der Waals surface area contributed by atoms with Gasteiger partial charge in [-0.1, -0.05) is 12.1 Å². The number of piperidine rings is 1. The van der Waals surface area contributed by atoms with Crippen LogP contribution in [0.2, 0.25) is 0 Å². The van der Waals surface area contributed by atoms with E-state index in [-0.39, 0.29) is 18.2 Å². The number of ether oxygens (including phenoxy) is 1. The first kappa shape index (κ1) is 17.4. The first-order valence-electron chi connectivity index (χ1n) is 9.28. The number of hydrogen-bond acceptors (Lipinski definition) is 4. The second-order valence-corrected chi connectivity index (χ2v) is 6.84. The SMILES string of the molecule is O=C1OCCN1Cc1ccc(NC(=O)N2CCCCC2c2ncc[nH]2)cc1. The highest BCUT2D eigenvalue weighted by Crippen LogP contribution is 2.29. The van der Waals surface area contributed by atoms with Crippen molar-refractivity contribution < 1.29 is 14.3 Å². The van der Waals surface area contributed by atoms with Gasteiger partial charge in [0.2, 0.25) is 0 Å². The maximum Gasteiger partial charge on any atom is 0.410 e. The largest absolute Gasteiger partial charge is 0.448 e. The van der Waals surface area contributed by atoms with Gasteiger partial charge in [0.15, 0.2) is 0 Å². The van der Waals surface area contributed by atoms with Crippen LogP contribution in [0.3, 0.4) is 0 Å². The van der Waals surface area contributed by atoms with Crippen LogP contribution in [-0.2, 0) is 11.3 Å². The average Bonchev–Trinajstić information content (AvgIpc) is 3.36. The topological polar surface area (TPSA) is 90.6 Å². The Morgan fingerprint density at radius 3 is 2.81 bits per heavy atom. The molecule has 2 fully saturated rings. The summed E-state index contributed by atoms with van der Waals surface area (Å²) < 4.78 is 4.94. The lowest BCUT2D eigenvalue weighted by Crippen LogP contribution is -2.41. The van der Waals surface area contributed by atoms with Gasteiger partial charge >= 0.3 is 12.1 Å². The van der Waals surface area contributed by atoms with Crippen molar-refractivity contribution in [3.8, 4) is 0 Å². The predicted molar refractivity (Wildman–Crippen MR) is 99.1 cm³/mol. The molecule has 0 spiro atoms. The molecule has 1 aromatic heterocycles. The van der Waals surface area contributed by atoms with Gasteiger partial charge in [-0.05, 0) is 37.0 Å². The number of carbonyl (C=O) groups excluding carboxylic acids is 2. The highest BCUT2D eigenvalue weighted by Gasteiger charge is 2.29. The van der Waals surface area contributed by atoms with Crippen LogP contribution in [-0.4, -0.2) is 51.6 Å². The minimum absolute atomic E-state index is 0.0193. The van der Waals surface area contributed by atoms with E-state index in [0.29, 0.717) is 26.2 Å². The second kappa shape index (κ2) is 7.69. The maximum atomic E-state index is 12.8. The Hall–Kier alpha value is -3.03. The smallest absolute Gasteiger partial charge is 0.410 e. The van der Waals surface area contributed by atoms with Gasteiger partial charge in [0.1, 0.15) is 12.4 Å². The first-order valence-corrected chi connectivity index (χ1v) is 9.28. The Labute approximate surface area is 157 Å². The molecule has 142 valence electrons. The lowest BCUT2D eigenvalue weighted by atomic mass is 10.0. The number of hydrogen-bond donors (Lipinski definition) is 2. The van der Waals surface area contributed by atoms with E-state index < -0.39 is 0 Å². The number of rotatable bonds is 4. The molecule has 27 heavy (non-hydrogen) atoms. The number of nitrogens with zero attached hydrogens (tertiary/aromatic N) is 3. The molecule has 3 heterocycles. The zero-order valence-corrected chi connectivity index (χ0v) is 15.1. The highest BCUT2D eigenvalue weighted by atomic mass is 16.6. The minimum atomic E-state index is -0.276. The summed E-state index contributed by atoms with van der Waals surface area (Å²) in [4.78, 5) is 35.3. The number of aromatic nitrogens is 2. The molecule has 1 unspecified atom stereocenters. The van der Waals surface area contributed by atoms with Crippen LogP contribution in [0.5, 0.6) is 0 Å². The maximum absolute atomic E-state index is 12.8. The van der Waals surface area contributed by atoms with Crippen LogP contribution in [0.25, 0.3) is 0 Å². The number of anilines is 1. The first-order chi connectivity index (χ1) is 13.2. The molecule has 1 atom stereocenters. The lowest BCUT2D eigenvalue weighted by Gasteiger charge is -2.34. The summed E-state index contributed by atoms with van der Waals surface area (Å²) in [5.41, 5.74) is 1.73. The molecule has 8 nitrogen and oxygen atoms in total. The van der Waals surface area contributed by atoms with Crippen LogP contribution in [0.4, 0.5) is 15.3 Å². The monoisotopic (exact) mass is 369 g/mol. The van der Waals surface area contributed by atoms with Gasteiger partial charge in [0.05, 0.1) is 12.6 Å². The zero-order chi connectivity index (χ0) is 18.6. The number of aromatic amines is 1. The number of benzene rings is 1. The van der Waals surface area contributed by atoms with E-state index in [1.54, 1.807) is 17.3 Å². The molecule has 2 aliphatic heterocycles. The third-order valence-corrected chi connectivity index (χ3v) is 5.02. The highest BCUT2D eigenvalue weighted by molar-refractivity contribution is 5.89. The van der Waals surface area contributed by atoms with Crippen LogP contribution in [0, 0.1) is 0 Å². The number of likely N-dealkylation sites (tertiary alicyclic amines) is 1. The number of amides is 3. The Bertz CT molecular complexity index is 790. The van der Waals surface area contributed by atoms with E-state index in [1.165, 1.54) is 0 Å². The van der Waals surface area contributed by atoms with Crippen molar-refractivity contribution in [2.75, 3.05) is 25.0 Å². The molecule has 0 saturated carbocycles. The van der Waals surface area contributed by atoms with Crippen molar-refractivity contribution in [3.05, 3.63) is 48.0 Å². The van der Waals surface area contributed by atoms with Gasteiger partial charge in [-0.3, -0.25) is 0 Å². The van der Waals surface area contributed by atoms with Crippen LogP contribution >= 0.6 is 0 Å². The van der Waals surface area contributed by atoms with Gasteiger partial charge < -0.3 is 24.8 Å². The molecule has 3 amide bonds. The van der Waals surface area contributed by atoms with E-state index >= 15 is 0 Å². The van der Waals surface area contributed by atoms with Crippen molar-refractivity contribution in [1.29, 1.82) is 0 Å². The lowest BCUT2D eigenvalue weighted by molar-refractivity contribution is 0.157. The molecule has 4 rings (SSSR count). The van der Waals surface area contributed by atoms with Crippen molar-refractivity contribution in [2.45, 2.75) is 31.8 Å².